The summed E-state index contributed by atoms with van der Waals surface area (Å²) in [4.78, 5) is 10.7. The fraction of sp³-hybridized carbons (Fsp3) is 0.417. The number of carboxylic acids is 1. The van der Waals surface area contributed by atoms with Crippen molar-refractivity contribution in [2.24, 2.45) is 0 Å². The van der Waals surface area contributed by atoms with E-state index in [1.807, 2.05) is 0 Å². The van der Waals surface area contributed by atoms with Crippen LogP contribution in [-0.2, 0) is 4.79 Å². The van der Waals surface area contributed by atoms with Crippen LogP contribution in [0.15, 0.2) is 24.3 Å². The Balaban J connectivity index is 2.62. The molecule has 0 bridgehead atoms. The Kier molecular flexibility index (Phi) is 4.20. The minimum Gasteiger partial charge on any atom is -0.479 e. The number of hydrogen-bond acceptors (Lipinski definition) is 3. The predicted molar refractivity (Wildman–Crippen MR) is 61.1 cm³/mol. The van der Waals surface area contributed by atoms with Crippen molar-refractivity contribution in [2.75, 3.05) is 6.54 Å². The van der Waals surface area contributed by atoms with Gasteiger partial charge in [-0.1, -0.05) is 12.1 Å². The van der Waals surface area contributed by atoms with E-state index in [9.17, 15) is 14.3 Å². The lowest BCUT2D eigenvalue weighted by atomic mass is 10.0. The minimum atomic E-state index is -1.83. The average molecular weight is 241 g/mol. The zero-order valence-electron chi connectivity index (χ0n) is 9.77. The van der Waals surface area contributed by atoms with Crippen LogP contribution in [0.2, 0.25) is 0 Å². The van der Waals surface area contributed by atoms with Gasteiger partial charge in [-0.2, -0.15) is 0 Å². The maximum absolute atomic E-state index is 13.0. The van der Waals surface area contributed by atoms with Gasteiger partial charge in [-0.25, -0.2) is 9.18 Å². The van der Waals surface area contributed by atoms with E-state index in [4.69, 9.17) is 5.11 Å². The molecule has 0 aliphatic rings. The molecule has 2 unspecified atom stereocenters. The first-order chi connectivity index (χ1) is 7.83. The van der Waals surface area contributed by atoms with Crippen molar-refractivity contribution in [3.8, 4) is 0 Å². The fourth-order valence-electron chi connectivity index (χ4n) is 1.32. The first-order valence-corrected chi connectivity index (χ1v) is 5.27. The molecular formula is C12H16FNO3. The number of hydrogen-bond donors (Lipinski definition) is 3. The number of carbonyl (C=O) groups is 1. The van der Waals surface area contributed by atoms with Gasteiger partial charge in [-0.05, 0) is 31.5 Å². The van der Waals surface area contributed by atoms with Crippen molar-refractivity contribution in [1.82, 2.24) is 5.32 Å². The summed E-state index contributed by atoms with van der Waals surface area (Å²) in [7, 11) is 0. The molecule has 5 heteroatoms. The van der Waals surface area contributed by atoms with Gasteiger partial charge >= 0.3 is 5.97 Å². The second kappa shape index (κ2) is 5.25. The molecule has 3 N–H and O–H groups in total. The van der Waals surface area contributed by atoms with E-state index < -0.39 is 11.6 Å². The van der Waals surface area contributed by atoms with Crippen molar-refractivity contribution >= 4 is 5.97 Å². The molecule has 0 amide bonds. The maximum atomic E-state index is 13.0. The van der Waals surface area contributed by atoms with Crippen molar-refractivity contribution in [1.29, 1.82) is 0 Å². The van der Waals surface area contributed by atoms with Crippen LogP contribution in [0.1, 0.15) is 25.5 Å². The Morgan fingerprint density at radius 2 is 2.24 bits per heavy atom. The zero-order valence-corrected chi connectivity index (χ0v) is 9.77. The topological polar surface area (TPSA) is 69.6 Å². The predicted octanol–water partition coefficient (Wildman–Crippen LogP) is 1.31. The van der Waals surface area contributed by atoms with E-state index in [0.717, 1.165) is 0 Å². The highest BCUT2D eigenvalue weighted by Crippen LogP contribution is 2.14. The van der Waals surface area contributed by atoms with Crippen LogP contribution >= 0.6 is 0 Å². The maximum Gasteiger partial charge on any atom is 0.336 e. The molecule has 0 aromatic heterocycles. The molecule has 0 aliphatic heterocycles. The van der Waals surface area contributed by atoms with Crippen molar-refractivity contribution in [2.45, 2.75) is 25.5 Å². The smallest absolute Gasteiger partial charge is 0.336 e. The summed E-state index contributed by atoms with van der Waals surface area (Å²) in [6.45, 7) is 2.87. The van der Waals surface area contributed by atoms with Crippen molar-refractivity contribution in [3.05, 3.63) is 35.6 Å². The van der Waals surface area contributed by atoms with Crippen molar-refractivity contribution in [3.63, 3.8) is 0 Å². The van der Waals surface area contributed by atoms with E-state index in [2.05, 4.69) is 5.32 Å². The average Bonchev–Trinajstić information content (AvgIpc) is 2.25. The Morgan fingerprint density at radius 3 is 2.76 bits per heavy atom. The largest absolute Gasteiger partial charge is 0.479 e. The van der Waals surface area contributed by atoms with Crippen LogP contribution in [0.25, 0.3) is 0 Å². The first-order valence-electron chi connectivity index (χ1n) is 5.27. The van der Waals surface area contributed by atoms with Crippen LogP contribution < -0.4 is 5.32 Å². The number of benzene rings is 1. The summed E-state index contributed by atoms with van der Waals surface area (Å²) >= 11 is 0. The van der Waals surface area contributed by atoms with Gasteiger partial charge in [0.2, 0.25) is 0 Å². The van der Waals surface area contributed by atoms with Gasteiger partial charge in [-0.3, -0.25) is 0 Å². The molecule has 0 saturated carbocycles. The molecule has 1 aromatic carbocycles. The normalized spacial score (nSPS) is 16.2. The summed E-state index contributed by atoms with van der Waals surface area (Å²) in [5, 5.41) is 21.1. The molecule has 0 heterocycles. The highest BCUT2D eigenvalue weighted by atomic mass is 19.1. The number of carboxylic acid groups (broad SMARTS) is 1. The lowest BCUT2D eigenvalue weighted by molar-refractivity contribution is -0.156. The van der Waals surface area contributed by atoms with Gasteiger partial charge in [0.05, 0.1) is 0 Å². The molecule has 0 spiro atoms. The number of aliphatic hydroxyl groups is 1. The molecule has 1 aromatic rings. The van der Waals surface area contributed by atoms with E-state index in [-0.39, 0.29) is 18.4 Å². The second-order valence-electron chi connectivity index (χ2n) is 4.24. The Labute approximate surface area is 99.1 Å². The molecule has 0 radical (unpaired) electrons. The Hall–Kier alpha value is -1.46. The molecule has 2 atom stereocenters. The van der Waals surface area contributed by atoms with Crippen LogP contribution in [-0.4, -0.2) is 28.3 Å². The fourth-order valence-corrected chi connectivity index (χ4v) is 1.32. The van der Waals surface area contributed by atoms with Gasteiger partial charge in [0, 0.05) is 12.6 Å². The molecule has 17 heavy (non-hydrogen) atoms. The molecule has 4 nitrogen and oxygen atoms in total. The monoisotopic (exact) mass is 241 g/mol. The molecule has 0 fully saturated rings. The highest BCUT2D eigenvalue weighted by molar-refractivity contribution is 5.76. The Morgan fingerprint density at radius 1 is 1.59 bits per heavy atom. The third-order valence-corrected chi connectivity index (χ3v) is 2.56. The number of nitrogens with one attached hydrogen (secondary N) is 1. The third kappa shape index (κ3) is 3.80. The van der Waals surface area contributed by atoms with E-state index in [1.54, 1.807) is 19.1 Å². The summed E-state index contributed by atoms with van der Waals surface area (Å²) < 4.78 is 13.0. The highest BCUT2D eigenvalue weighted by Gasteiger charge is 2.29. The molecule has 94 valence electrons. The van der Waals surface area contributed by atoms with E-state index in [0.29, 0.717) is 5.56 Å². The zero-order chi connectivity index (χ0) is 13.1. The molecule has 1 rings (SSSR count). The lowest BCUT2D eigenvalue weighted by Crippen LogP contribution is -2.45. The number of halogens is 1. The van der Waals surface area contributed by atoms with E-state index >= 15 is 0 Å². The summed E-state index contributed by atoms with van der Waals surface area (Å²) in [6.07, 6.45) is 0. The molecule has 0 aliphatic carbocycles. The first kappa shape index (κ1) is 13.6. The van der Waals surface area contributed by atoms with Crippen LogP contribution in [0.5, 0.6) is 0 Å². The van der Waals surface area contributed by atoms with Gasteiger partial charge < -0.3 is 15.5 Å². The second-order valence-corrected chi connectivity index (χ2v) is 4.24. The number of aliphatic carboxylic acids is 1. The quantitative estimate of drug-likeness (QED) is 0.727. The van der Waals surface area contributed by atoms with Crippen LogP contribution in [0.3, 0.4) is 0 Å². The molecule has 0 saturated heterocycles. The SMILES string of the molecule is CC(NCC(C)(O)C(=O)O)c1cccc(F)c1. The summed E-state index contributed by atoms with van der Waals surface area (Å²) in [5.41, 5.74) is -1.13. The van der Waals surface area contributed by atoms with E-state index in [1.165, 1.54) is 19.1 Å². The Bertz CT molecular complexity index is 406. The number of rotatable bonds is 5. The third-order valence-electron chi connectivity index (χ3n) is 2.56. The van der Waals surface area contributed by atoms with Crippen molar-refractivity contribution < 1.29 is 19.4 Å². The summed E-state index contributed by atoms with van der Waals surface area (Å²) in [5.74, 6) is -1.64. The standard InChI is InChI=1S/C12H16FNO3/c1-8(9-4-3-5-10(13)6-9)14-7-12(2,17)11(15)16/h3-6,8,14,17H,7H2,1-2H3,(H,15,16). The minimum absolute atomic E-state index is 0.111. The van der Waals surface area contributed by atoms with Crippen LogP contribution in [0.4, 0.5) is 4.39 Å². The van der Waals surface area contributed by atoms with Gasteiger partial charge in [-0.15, -0.1) is 0 Å². The summed E-state index contributed by atoms with van der Waals surface area (Å²) in [6, 6.07) is 5.78. The van der Waals surface area contributed by atoms with Crippen LogP contribution in [0, 0.1) is 5.82 Å². The lowest BCUT2D eigenvalue weighted by Gasteiger charge is -2.22. The van der Waals surface area contributed by atoms with Gasteiger partial charge in [0.25, 0.3) is 0 Å². The van der Waals surface area contributed by atoms with Gasteiger partial charge in [0.1, 0.15) is 5.82 Å². The van der Waals surface area contributed by atoms with Gasteiger partial charge in [0.15, 0.2) is 5.60 Å². The molecular weight excluding hydrogens is 225 g/mol.